The quantitative estimate of drug-likeness (QED) is 0.774. The van der Waals surface area contributed by atoms with Crippen LogP contribution in [0.25, 0.3) is 0 Å². The Hall–Kier alpha value is -0.870. The van der Waals surface area contributed by atoms with E-state index < -0.39 is 12.0 Å². The summed E-state index contributed by atoms with van der Waals surface area (Å²) in [5.74, 6) is -0.411. The standard InChI is InChI=1S/C9H13NO2S/c1-7(9(10)11)12-5-4-8-3-2-6-13-8/h2-3,6-7H,4-5H2,1H3,(H2,10,11). The van der Waals surface area contributed by atoms with Crippen LogP contribution in [0, 0.1) is 0 Å². The molecule has 0 aliphatic rings. The van der Waals surface area contributed by atoms with Crippen molar-refractivity contribution < 1.29 is 9.53 Å². The zero-order valence-corrected chi connectivity index (χ0v) is 8.34. The summed E-state index contributed by atoms with van der Waals surface area (Å²) >= 11 is 1.69. The number of ether oxygens (including phenoxy) is 1. The van der Waals surface area contributed by atoms with Gasteiger partial charge in [-0.1, -0.05) is 6.07 Å². The molecule has 1 aromatic heterocycles. The molecule has 1 atom stereocenters. The molecule has 0 radical (unpaired) electrons. The molecule has 1 amide bonds. The van der Waals surface area contributed by atoms with Crippen molar-refractivity contribution in [3.8, 4) is 0 Å². The van der Waals surface area contributed by atoms with Gasteiger partial charge in [-0.2, -0.15) is 0 Å². The normalized spacial score (nSPS) is 12.7. The molecule has 1 aromatic rings. The van der Waals surface area contributed by atoms with Gasteiger partial charge in [-0.3, -0.25) is 4.79 Å². The molecule has 13 heavy (non-hydrogen) atoms. The molecule has 0 saturated carbocycles. The topological polar surface area (TPSA) is 52.3 Å². The monoisotopic (exact) mass is 199 g/mol. The van der Waals surface area contributed by atoms with Crippen molar-refractivity contribution in [2.75, 3.05) is 6.61 Å². The second-order valence-corrected chi connectivity index (χ2v) is 3.78. The van der Waals surface area contributed by atoms with E-state index in [4.69, 9.17) is 10.5 Å². The molecular formula is C9H13NO2S. The summed E-state index contributed by atoms with van der Waals surface area (Å²) in [6, 6.07) is 4.04. The summed E-state index contributed by atoms with van der Waals surface area (Å²) in [5.41, 5.74) is 5.03. The van der Waals surface area contributed by atoms with Crippen molar-refractivity contribution >= 4 is 17.2 Å². The highest BCUT2D eigenvalue weighted by atomic mass is 32.1. The molecule has 0 saturated heterocycles. The third-order valence-electron chi connectivity index (χ3n) is 1.70. The van der Waals surface area contributed by atoms with Crippen LogP contribution in [0.2, 0.25) is 0 Å². The molecule has 0 aliphatic heterocycles. The molecule has 0 aliphatic carbocycles. The molecular weight excluding hydrogens is 186 g/mol. The second-order valence-electron chi connectivity index (χ2n) is 2.74. The van der Waals surface area contributed by atoms with Crippen molar-refractivity contribution in [3.63, 3.8) is 0 Å². The van der Waals surface area contributed by atoms with Crippen LogP contribution < -0.4 is 5.73 Å². The number of carbonyl (C=O) groups is 1. The van der Waals surface area contributed by atoms with Gasteiger partial charge in [0.15, 0.2) is 0 Å². The fourth-order valence-electron chi connectivity index (χ4n) is 0.873. The number of carbonyl (C=O) groups excluding carboxylic acids is 1. The van der Waals surface area contributed by atoms with Crippen molar-refractivity contribution in [1.29, 1.82) is 0 Å². The minimum Gasteiger partial charge on any atom is -0.368 e. The van der Waals surface area contributed by atoms with E-state index in [1.54, 1.807) is 18.3 Å². The van der Waals surface area contributed by atoms with Crippen molar-refractivity contribution in [2.45, 2.75) is 19.4 Å². The summed E-state index contributed by atoms with van der Waals surface area (Å²) in [4.78, 5) is 11.9. The van der Waals surface area contributed by atoms with Gasteiger partial charge in [0.2, 0.25) is 5.91 Å². The maximum absolute atomic E-state index is 10.6. The van der Waals surface area contributed by atoms with Crippen molar-refractivity contribution in [1.82, 2.24) is 0 Å². The Balaban J connectivity index is 2.18. The third kappa shape index (κ3) is 3.57. The highest BCUT2D eigenvalue weighted by molar-refractivity contribution is 7.09. The van der Waals surface area contributed by atoms with Crippen LogP contribution in [0.3, 0.4) is 0 Å². The van der Waals surface area contributed by atoms with Gasteiger partial charge in [-0.25, -0.2) is 0 Å². The van der Waals surface area contributed by atoms with Gasteiger partial charge >= 0.3 is 0 Å². The summed E-state index contributed by atoms with van der Waals surface area (Å²) in [7, 11) is 0. The Morgan fingerprint density at radius 1 is 1.77 bits per heavy atom. The molecule has 2 N–H and O–H groups in total. The fourth-order valence-corrected chi connectivity index (χ4v) is 1.56. The molecule has 1 unspecified atom stereocenters. The molecule has 4 heteroatoms. The predicted octanol–water partition coefficient (Wildman–Crippen LogP) is 1.18. The minimum absolute atomic E-state index is 0.411. The largest absolute Gasteiger partial charge is 0.368 e. The van der Waals surface area contributed by atoms with E-state index in [-0.39, 0.29) is 0 Å². The summed E-state index contributed by atoms with van der Waals surface area (Å²) in [6.45, 7) is 2.21. The Morgan fingerprint density at radius 2 is 2.54 bits per heavy atom. The van der Waals surface area contributed by atoms with E-state index in [9.17, 15) is 4.79 Å². The number of rotatable bonds is 5. The first-order valence-corrected chi connectivity index (χ1v) is 5.01. The highest BCUT2D eigenvalue weighted by Gasteiger charge is 2.07. The van der Waals surface area contributed by atoms with Gasteiger partial charge in [0.1, 0.15) is 6.10 Å². The van der Waals surface area contributed by atoms with Crippen LogP contribution in [0.5, 0.6) is 0 Å². The van der Waals surface area contributed by atoms with Crippen LogP contribution in [-0.2, 0) is 16.0 Å². The van der Waals surface area contributed by atoms with Gasteiger partial charge in [-0.05, 0) is 18.4 Å². The first kappa shape index (κ1) is 10.2. The number of amides is 1. The minimum atomic E-state index is -0.486. The van der Waals surface area contributed by atoms with Crippen molar-refractivity contribution in [3.05, 3.63) is 22.4 Å². The number of thiophene rings is 1. The number of nitrogens with two attached hydrogens (primary N) is 1. The van der Waals surface area contributed by atoms with E-state index >= 15 is 0 Å². The first-order valence-electron chi connectivity index (χ1n) is 4.13. The van der Waals surface area contributed by atoms with Gasteiger partial charge in [0.25, 0.3) is 0 Å². The Morgan fingerprint density at radius 3 is 3.08 bits per heavy atom. The van der Waals surface area contributed by atoms with Crippen LogP contribution in [0.4, 0.5) is 0 Å². The molecule has 0 bridgehead atoms. The Bertz CT molecular complexity index is 259. The lowest BCUT2D eigenvalue weighted by atomic mass is 10.3. The van der Waals surface area contributed by atoms with E-state index in [1.807, 2.05) is 17.5 Å². The lowest BCUT2D eigenvalue weighted by Gasteiger charge is -2.07. The molecule has 0 aromatic carbocycles. The van der Waals surface area contributed by atoms with Gasteiger partial charge in [0.05, 0.1) is 6.61 Å². The van der Waals surface area contributed by atoms with Gasteiger partial charge in [0, 0.05) is 11.3 Å². The number of hydrogen-bond donors (Lipinski definition) is 1. The molecule has 0 fully saturated rings. The maximum Gasteiger partial charge on any atom is 0.246 e. The average Bonchev–Trinajstić information content (AvgIpc) is 2.56. The van der Waals surface area contributed by atoms with Crippen LogP contribution in [-0.4, -0.2) is 18.6 Å². The molecule has 1 heterocycles. The van der Waals surface area contributed by atoms with E-state index in [0.29, 0.717) is 6.61 Å². The molecule has 0 spiro atoms. The Kier molecular flexibility index (Phi) is 3.92. The zero-order valence-electron chi connectivity index (χ0n) is 7.53. The summed E-state index contributed by atoms with van der Waals surface area (Å²) < 4.78 is 5.21. The lowest BCUT2D eigenvalue weighted by molar-refractivity contribution is -0.128. The maximum atomic E-state index is 10.6. The molecule has 72 valence electrons. The zero-order chi connectivity index (χ0) is 9.68. The summed E-state index contributed by atoms with van der Waals surface area (Å²) in [6.07, 6.45) is 0.356. The van der Waals surface area contributed by atoms with Crippen LogP contribution in [0.15, 0.2) is 17.5 Å². The number of hydrogen-bond acceptors (Lipinski definition) is 3. The third-order valence-corrected chi connectivity index (χ3v) is 2.63. The van der Waals surface area contributed by atoms with Gasteiger partial charge in [-0.15, -0.1) is 11.3 Å². The van der Waals surface area contributed by atoms with E-state index in [0.717, 1.165) is 6.42 Å². The SMILES string of the molecule is CC(OCCc1cccs1)C(N)=O. The van der Waals surface area contributed by atoms with Crippen LogP contribution in [0.1, 0.15) is 11.8 Å². The van der Waals surface area contributed by atoms with Gasteiger partial charge < -0.3 is 10.5 Å². The number of primary amides is 1. The first-order chi connectivity index (χ1) is 6.20. The fraction of sp³-hybridized carbons (Fsp3) is 0.444. The smallest absolute Gasteiger partial charge is 0.246 e. The second kappa shape index (κ2) is 4.99. The molecule has 1 rings (SSSR count). The Labute approximate surface area is 81.5 Å². The van der Waals surface area contributed by atoms with E-state index in [1.165, 1.54) is 4.88 Å². The van der Waals surface area contributed by atoms with Crippen LogP contribution >= 0.6 is 11.3 Å². The summed E-state index contributed by atoms with van der Waals surface area (Å²) in [5, 5.41) is 2.02. The predicted molar refractivity (Wildman–Crippen MR) is 52.6 cm³/mol. The van der Waals surface area contributed by atoms with E-state index in [2.05, 4.69) is 0 Å². The molecule has 3 nitrogen and oxygen atoms in total. The highest BCUT2D eigenvalue weighted by Crippen LogP contribution is 2.09. The van der Waals surface area contributed by atoms with Crippen molar-refractivity contribution in [2.24, 2.45) is 5.73 Å². The average molecular weight is 199 g/mol. The lowest BCUT2D eigenvalue weighted by Crippen LogP contribution is -2.28.